The van der Waals surface area contributed by atoms with Crippen molar-refractivity contribution in [1.82, 2.24) is 4.98 Å². The molecule has 0 N–H and O–H groups in total. The SMILES string of the molecule is CCOC(=O)Cc1csc(C(CC)CC)n1. The van der Waals surface area contributed by atoms with Crippen LogP contribution in [0.2, 0.25) is 0 Å². The quantitative estimate of drug-likeness (QED) is 0.718. The van der Waals surface area contributed by atoms with Crippen molar-refractivity contribution >= 4 is 17.3 Å². The van der Waals surface area contributed by atoms with Crippen molar-refractivity contribution in [3.63, 3.8) is 0 Å². The Hall–Kier alpha value is -0.900. The zero-order valence-electron chi connectivity index (χ0n) is 10.2. The highest BCUT2D eigenvalue weighted by Crippen LogP contribution is 2.26. The van der Waals surface area contributed by atoms with Crippen molar-refractivity contribution in [2.24, 2.45) is 0 Å². The molecule has 90 valence electrons. The third kappa shape index (κ3) is 3.59. The number of aromatic nitrogens is 1. The van der Waals surface area contributed by atoms with Crippen LogP contribution < -0.4 is 0 Å². The van der Waals surface area contributed by atoms with E-state index in [1.807, 2.05) is 12.3 Å². The number of hydrogen-bond acceptors (Lipinski definition) is 4. The van der Waals surface area contributed by atoms with Crippen LogP contribution in [0.5, 0.6) is 0 Å². The Kier molecular flexibility index (Phi) is 5.46. The number of carbonyl (C=O) groups is 1. The lowest BCUT2D eigenvalue weighted by atomic mass is 10.1. The first kappa shape index (κ1) is 13.2. The minimum atomic E-state index is -0.191. The first-order chi connectivity index (χ1) is 7.71. The Morgan fingerprint density at radius 1 is 1.44 bits per heavy atom. The Morgan fingerprint density at radius 3 is 2.69 bits per heavy atom. The topological polar surface area (TPSA) is 39.2 Å². The second-order valence-corrected chi connectivity index (χ2v) is 4.56. The number of thiazole rings is 1. The molecule has 4 heteroatoms. The molecule has 0 aliphatic heterocycles. The van der Waals surface area contributed by atoms with Crippen LogP contribution in [0.4, 0.5) is 0 Å². The van der Waals surface area contributed by atoms with E-state index in [1.165, 1.54) is 0 Å². The molecule has 0 amide bonds. The molecule has 0 spiro atoms. The van der Waals surface area contributed by atoms with Gasteiger partial charge in [0.2, 0.25) is 0 Å². The Labute approximate surface area is 101 Å². The summed E-state index contributed by atoms with van der Waals surface area (Å²) in [5.74, 6) is 0.338. The van der Waals surface area contributed by atoms with Gasteiger partial charge < -0.3 is 4.74 Å². The summed E-state index contributed by atoms with van der Waals surface area (Å²) in [6.07, 6.45) is 2.50. The summed E-state index contributed by atoms with van der Waals surface area (Å²) >= 11 is 1.65. The lowest BCUT2D eigenvalue weighted by molar-refractivity contribution is -0.142. The lowest BCUT2D eigenvalue weighted by Crippen LogP contribution is -2.08. The van der Waals surface area contributed by atoms with Crippen molar-refractivity contribution in [3.05, 3.63) is 16.1 Å². The van der Waals surface area contributed by atoms with Crippen LogP contribution in [0, 0.1) is 0 Å². The van der Waals surface area contributed by atoms with E-state index in [9.17, 15) is 4.79 Å². The van der Waals surface area contributed by atoms with Gasteiger partial charge in [0.1, 0.15) is 0 Å². The summed E-state index contributed by atoms with van der Waals surface area (Å²) in [4.78, 5) is 15.8. The van der Waals surface area contributed by atoms with Crippen molar-refractivity contribution in [3.8, 4) is 0 Å². The fourth-order valence-corrected chi connectivity index (χ4v) is 2.68. The minimum absolute atomic E-state index is 0.191. The molecule has 1 aromatic heterocycles. The maximum Gasteiger partial charge on any atom is 0.311 e. The summed E-state index contributed by atoms with van der Waals surface area (Å²) in [7, 11) is 0. The van der Waals surface area contributed by atoms with Crippen molar-refractivity contribution in [1.29, 1.82) is 0 Å². The van der Waals surface area contributed by atoms with E-state index in [1.54, 1.807) is 11.3 Å². The number of hydrogen-bond donors (Lipinski definition) is 0. The summed E-state index contributed by atoms with van der Waals surface area (Å²) in [5, 5.41) is 3.11. The Bertz CT molecular complexity index is 332. The van der Waals surface area contributed by atoms with Gasteiger partial charge in [0.05, 0.1) is 23.7 Å². The van der Waals surface area contributed by atoms with Crippen LogP contribution in [0.15, 0.2) is 5.38 Å². The normalized spacial score (nSPS) is 10.8. The van der Waals surface area contributed by atoms with Gasteiger partial charge in [0, 0.05) is 11.3 Å². The van der Waals surface area contributed by atoms with E-state index in [0.717, 1.165) is 23.5 Å². The van der Waals surface area contributed by atoms with Crippen LogP contribution in [-0.4, -0.2) is 17.6 Å². The predicted octanol–water partition coefficient (Wildman–Crippen LogP) is 3.15. The molecule has 0 bridgehead atoms. The summed E-state index contributed by atoms with van der Waals surface area (Å²) in [6.45, 7) is 6.58. The molecule has 0 aliphatic rings. The molecule has 0 atom stereocenters. The Morgan fingerprint density at radius 2 is 2.12 bits per heavy atom. The first-order valence-electron chi connectivity index (χ1n) is 5.81. The van der Waals surface area contributed by atoms with Crippen LogP contribution >= 0.6 is 11.3 Å². The zero-order valence-corrected chi connectivity index (χ0v) is 11.0. The molecule has 0 radical (unpaired) electrons. The fraction of sp³-hybridized carbons (Fsp3) is 0.667. The monoisotopic (exact) mass is 241 g/mol. The van der Waals surface area contributed by atoms with Crippen molar-refractivity contribution < 1.29 is 9.53 Å². The highest BCUT2D eigenvalue weighted by molar-refractivity contribution is 7.09. The van der Waals surface area contributed by atoms with Gasteiger partial charge in [-0.3, -0.25) is 4.79 Å². The number of rotatable bonds is 6. The molecular formula is C12H19NO2S. The molecular weight excluding hydrogens is 222 g/mol. The Balaban J connectivity index is 2.60. The molecule has 3 nitrogen and oxygen atoms in total. The molecule has 0 unspecified atom stereocenters. The zero-order chi connectivity index (χ0) is 12.0. The van der Waals surface area contributed by atoms with Gasteiger partial charge in [-0.05, 0) is 19.8 Å². The maximum atomic E-state index is 11.3. The van der Waals surface area contributed by atoms with Gasteiger partial charge in [0.15, 0.2) is 0 Å². The van der Waals surface area contributed by atoms with Gasteiger partial charge in [-0.25, -0.2) is 4.98 Å². The van der Waals surface area contributed by atoms with E-state index in [2.05, 4.69) is 18.8 Å². The molecule has 1 rings (SSSR count). The summed E-state index contributed by atoms with van der Waals surface area (Å²) in [6, 6.07) is 0. The van der Waals surface area contributed by atoms with Crippen LogP contribution in [-0.2, 0) is 16.0 Å². The van der Waals surface area contributed by atoms with Gasteiger partial charge >= 0.3 is 5.97 Å². The maximum absolute atomic E-state index is 11.3. The molecule has 0 saturated heterocycles. The van der Waals surface area contributed by atoms with Gasteiger partial charge in [0.25, 0.3) is 0 Å². The first-order valence-corrected chi connectivity index (χ1v) is 6.69. The summed E-state index contributed by atoms with van der Waals surface area (Å²) in [5.41, 5.74) is 0.838. The third-order valence-corrected chi connectivity index (χ3v) is 3.59. The molecule has 0 aromatic carbocycles. The average Bonchev–Trinajstić information content (AvgIpc) is 2.68. The van der Waals surface area contributed by atoms with Gasteiger partial charge in [-0.2, -0.15) is 0 Å². The average molecular weight is 241 g/mol. The van der Waals surface area contributed by atoms with E-state index in [4.69, 9.17) is 4.74 Å². The van der Waals surface area contributed by atoms with E-state index >= 15 is 0 Å². The number of ether oxygens (including phenoxy) is 1. The van der Waals surface area contributed by atoms with Crippen LogP contribution in [0.3, 0.4) is 0 Å². The summed E-state index contributed by atoms with van der Waals surface area (Å²) < 4.78 is 4.89. The fourth-order valence-electron chi connectivity index (χ4n) is 1.59. The van der Waals surface area contributed by atoms with Crippen LogP contribution in [0.1, 0.15) is 50.2 Å². The van der Waals surface area contributed by atoms with E-state index in [0.29, 0.717) is 18.9 Å². The second kappa shape index (κ2) is 6.63. The number of nitrogens with zero attached hydrogens (tertiary/aromatic N) is 1. The van der Waals surface area contributed by atoms with Gasteiger partial charge in [-0.1, -0.05) is 13.8 Å². The minimum Gasteiger partial charge on any atom is -0.466 e. The van der Waals surface area contributed by atoms with Crippen LogP contribution in [0.25, 0.3) is 0 Å². The lowest BCUT2D eigenvalue weighted by Gasteiger charge is -2.07. The predicted molar refractivity (Wildman–Crippen MR) is 65.8 cm³/mol. The molecule has 1 aromatic rings. The molecule has 0 fully saturated rings. The smallest absolute Gasteiger partial charge is 0.311 e. The molecule has 1 heterocycles. The number of esters is 1. The largest absolute Gasteiger partial charge is 0.466 e. The standard InChI is InChI=1S/C12H19NO2S/c1-4-9(5-2)12-13-10(8-16-12)7-11(14)15-6-3/h8-9H,4-7H2,1-3H3. The third-order valence-electron chi connectivity index (χ3n) is 2.54. The highest BCUT2D eigenvalue weighted by atomic mass is 32.1. The van der Waals surface area contributed by atoms with E-state index < -0.39 is 0 Å². The van der Waals surface area contributed by atoms with Gasteiger partial charge in [-0.15, -0.1) is 11.3 Å². The second-order valence-electron chi connectivity index (χ2n) is 3.67. The van der Waals surface area contributed by atoms with Crippen molar-refractivity contribution in [2.75, 3.05) is 6.61 Å². The van der Waals surface area contributed by atoms with Crippen molar-refractivity contribution in [2.45, 2.75) is 46.0 Å². The number of carbonyl (C=O) groups excluding carboxylic acids is 1. The molecule has 0 aliphatic carbocycles. The highest BCUT2D eigenvalue weighted by Gasteiger charge is 2.13. The molecule has 0 saturated carbocycles. The molecule has 16 heavy (non-hydrogen) atoms. The van der Waals surface area contributed by atoms with E-state index in [-0.39, 0.29) is 5.97 Å².